The second-order valence-corrected chi connectivity index (χ2v) is 6.21. The van der Waals surface area contributed by atoms with Crippen molar-refractivity contribution in [2.24, 2.45) is 5.92 Å². The van der Waals surface area contributed by atoms with Gasteiger partial charge in [-0.25, -0.2) is 4.39 Å². The van der Waals surface area contributed by atoms with E-state index in [9.17, 15) is 4.39 Å². The molecule has 3 heteroatoms. The third-order valence-electron chi connectivity index (χ3n) is 4.05. The molecule has 1 aromatic carbocycles. The van der Waals surface area contributed by atoms with Crippen LogP contribution in [0, 0.1) is 18.7 Å². The average molecular weight is 314 g/mol. The van der Waals surface area contributed by atoms with E-state index in [1.165, 1.54) is 32.1 Å². The number of aryl methyl sites for hydroxylation is 1. The second kappa shape index (κ2) is 6.05. The van der Waals surface area contributed by atoms with Crippen molar-refractivity contribution in [3.05, 3.63) is 28.0 Å². The zero-order chi connectivity index (χ0) is 13.1. The quantitative estimate of drug-likeness (QED) is 0.800. The molecule has 0 heterocycles. The molecule has 1 saturated carbocycles. The summed E-state index contributed by atoms with van der Waals surface area (Å²) in [5.41, 5.74) is 2.04. The number of hydrogen-bond donors (Lipinski definition) is 1. The predicted octanol–water partition coefficient (Wildman–Crippen LogP) is 5.28. The summed E-state index contributed by atoms with van der Waals surface area (Å²) in [7, 11) is 0. The first-order chi connectivity index (χ1) is 8.60. The van der Waals surface area contributed by atoms with Crippen molar-refractivity contribution in [1.82, 2.24) is 0 Å². The molecular formula is C15H21BrFN. The average Bonchev–Trinajstić information content (AvgIpc) is 2.37. The lowest BCUT2D eigenvalue weighted by Crippen LogP contribution is -2.26. The topological polar surface area (TPSA) is 12.0 Å². The Balaban J connectivity index is 2.00. The minimum absolute atomic E-state index is 0.187. The Hall–Kier alpha value is -0.570. The largest absolute Gasteiger partial charge is 0.382 e. The molecule has 0 unspecified atom stereocenters. The smallest absolute Gasteiger partial charge is 0.137 e. The number of benzene rings is 1. The van der Waals surface area contributed by atoms with Gasteiger partial charge in [-0.15, -0.1) is 0 Å². The number of anilines is 1. The normalized spacial score (nSPS) is 24.0. The van der Waals surface area contributed by atoms with Crippen LogP contribution in [0.4, 0.5) is 10.1 Å². The van der Waals surface area contributed by atoms with E-state index in [-0.39, 0.29) is 5.82 Å². The van der Waals surface area contributed by atoms with Crippen molar-refractivity contribution in [3.8, 4) is 0 Å². The summed E-state index contributed by atoms with van der Waals surface area (Å²) in [6, 6.07) is 3.99. The Bertz CT molecular complexity index is 411. The molecule has 1 aromatic rings. The number of rotatable bonds is 3. The maximum Gasteiger partial charge on any atom is 0.137 e. The van der Waals surface area contributed by atoms with Crippen LogP contribution in [0.25, 0.3) is 0 Å². The fourth-order valence-electron chi connectivity index (χ4n) is 2.74. The summed E-state index contributed by atoms with van der Waals surface area (Å²) in [4.78, 5) is 0. The van der Waals surface area contributed by atoms with Crippen LogP contribution in [0.3, 0.4) is 0 Å². The molecule has 0 amide bonds. The SMILES string of the molecule is CCC1CCC(Nc2cc(Br)c(F)cc2C)CC1. The van der Waals surface area contributed by atoms with Gasteiger partial charge in [-0.3, -0.25) is 0 Å². The summed E-state index contributed by atoms with van der Waals surface area (Å²) in [5, 5.41) is 3.57. The molecule has 0 atom stereocenters. The van der Waals surface area contributed by atoms with Crippen LogP contribution in [0.2, 0.25) is 0 Å². The lowest BCUT2D eigenvalue weighted by atomic mass is 9.84. The standard InChI is InChI=1S/C15H21BrFN/c1-3-11-4-6-12(7-5-11)18-15-9-13(16)14(17)8-10(15)2/h8-9,11-12,18H,3-7H2,1-2H3. The van der Waals surface area contributed by atoms with E-state index in [2.05, 4.69) is 28.2 Å². The van der Waals surface area contributed by atoms with Gasteiger partial charge in [-0.2, -0.15) is 0 Å². The molecular weight excluding hydrogens is 293 g/mol. The van der Waals surface area contributed by atoms with Crippen LogP contribution in [0.1, 0.15) is 44.6 Å². The number of hydrogen-bond acceptors (Lipinski definition) is 1. The lowest BCUT2D eigenvalue weighted by molar-refractivity contribution is 0.330. The van der Waals surface area contributed by atoms with Gasteiger partial charge in [0.25, 0.3) is 0 Å². The zero-order valence-electron chi connectivity index (χ0n) is 11.1. The summed E-state index contributed by atoms with van der Waals surface area (Å²) < 4.78 is 13.9. The summed E-state index contributed by atoms with van der Waals surface area (Å²) in [6.07, 6.45) is 6.39. The summed E-state index contributed by atoms with van der Waals surface area (Å²) in [6.45, 7) is 4.23. The highest BCUT2D eigenvalue weighted by Crippen LogP contribution is 2.30. The second-order valence-electron chi connectivity index (χ2n) is 5.35. The van der Waals surface area contributed by atoms with Crippen molar-refractivity contribution >= 4 is 21.6 Å². The fourth-order valence-corrected chi connectivity index (χ4v) is 3.08. The van der Waals surface area contributed by atoms with Crippen LogP contribution in [-0.2, 0) is 0 Å². The van der Waals surface area contributed by atoms with Crippen LogP contribution >= 0.6 is 15.9 Å². The van der Waals surface area contributed by atoms with Crippen molar-refractivity contribution in [2.45, 2.75) is 52.0 Å². The van der Waals surface area contributed by atoms with Gasteiger partial charge >= 0.3 is 0 Å². The molecule has 1 fully saturated rings. The molecule has 0 spiro atoms. The first-order valence-corrected chi connectivity index (χ1v) is 7.61. The third-order valence-corrected chi connectivity index (χ3v) is 4.66. The molecule has 18 heavy (non-hydrogen) atoms. The van der Waals surface area contributed by atoms with E-state index in [1.54, 1.807) is 6.07 Å². The van der Waals surface area contributed by atoms with Crippen molar-refractivity contribution in [3.63, 3.8) is 0 Å². The zero-order valence-corrected chi connectivity index (χ0v) is 12.7. The minimum atomic E-state index is -0.187. The molecule has 0 bridgehead atoms. The Labute approximate surface area is 117 Å². The first-order valence-electron chi connectivity index (χ1n) is 6.82. The van der Waals surface area contributed by atoms with Gasteiger partial charge < -0.3 is 5.32 Å². The Morgan fingerprint density at radius 3 is 2.56 bits per heavy atom. The first kappa shape index (κ1) is 13.9. The monoisotopic (exact) mass is 313 g/mol. The predicted molar refractivity (Wildman–Crippen MR) is 78.5 cm³/mol. The van der Waals surface area contributed by atoms with Gasteiger partial charge in [0.15, 0.2) is 0 Å². The van der Waals surface area contributed by atoms with Gasteiger partial charge in [0.05, 0.1) is 4.47 Å². The molecule has 2 rings (SSSR count). The Morgan fingerprint density at radius 1 is 1.28 bits per heavy atom. The van der Waals surface area contributed by atoms with Gasteiger partial charge in [0, 0.05) is 11.7 Å². The van der Waals surface area contributed by atoms with Crippen molar-refractivity contribution in [1.29, 1.82) is 0 Å². The summed E-state index contributed by atoms with van der Waals surface area (Å²) in [5.74, 6) is 0.719. The van der Waals surface area contributed by atoms with Gasteiger partial charge in [-0.1, -0.05) is 13.3 Å². The molecule has 0 saturated heterocycles. The molecule has 1 N–H and O–H groups in total. The van der Waals surface area contributed by atoms with Gasteiger partial charge in [0.2, 0.25) is 0 Å². The van der Waals surface area contributed by atoms with E-state index in [1.807, 2.05) is 13.0 Å². The van der Waals surface area contributed by atoms with Crippen LogP contribution < -0.4 is 5.32 Å². The van der Waals surface area contributed by atoms with Gasteiger partial charge in [-0.05, 0) is 72.2 Å². The van der Waals surface area contributed by atoms with E-state index in [4.69, 9.17) is 0 Å². The Kier molecular flexibility index (Phi) is 4.66. The highest BCUT2D eigenvalue weighted by molar-refractivity contribution is 9.10. The van der Waals surface area contributed by atoms with Gasteiger partial charge in [0.1, 0.15) is 5.82 Å². The molecule has 0 aromatic heterocycles. The highest BCUT2D eigenvalue weighted by atomic mass is 79.9. The molecule has 0 radical (unpaired) electrons. The lowest BCUT2D eigenvalue weighted by Gasteiger charge is -2.29. The molecule has 0 aliphatic heterocycles. The maximum atomic E-state index is 13.4. The van der Waals surface area contributed by atoms with Crippen LogP contribution in [0.15, 0.2) is 16.6 Å². The number of nitrogens with one attached hydrogen (secondary N) is 1. The minimum Gasteiger partial charge on any atom is -0.382 e. The van der Waals surface area contributed by atoms with E-state index >= 15 is 0 Å². The fraction of sp³-hybridized carbons (Fsp3) is 0.600. The molecule has 1 nitrogen and oxygen atoms in total. The molecule has 1 aliphatic carbocycles. The van der Waals surface area contributed by atoms with E-state index < -0.39 is 0 Å². The van der Waals surface area contributed by atoms with Crippen LogP contribution in [-0.4, -0.2) is 6.04 Å². The van der Waals surface area contributed by atoms with Crippen LogP contribution in [0.5, 0.6) is 0 Å². The van der Waals surface area contributed by atoms with Crippen molar-refractivity contribution in [2.75, 3.05) is 5.32 Å². The van der Waals surface area contributed by atoms with Crippen molar-refractivity contribution < 1.29 is 4.39 Å². The van der Waals surface area contributed by atoms with E-state index in [0.29, 0.717) is 10.5 Å². The third kappa shape index (κ3) is 3.25. The molecule has 1 aliphatic rings. The summed E-state index contributed by atoms with van der Waals surface area (Å²) >= 11 is 3.25. The number of halogens is 2. The van der Waals surface area contributed by atoms with E-state index in [0.717, 1.165) is 17.2 Å². The molecule has 100 valence electrons. The Morgan fingerprint density at radius 2 is 1.94 bits per heavy atom. The highest BCUT2D eigenvalue weighted by Gasteiger charge is 2.20. The maximum absolute atomic E-state index is 13.4.